The number of hydrogen-bond donors (Lipinski definition) is 1. The highest BCUT2D eigenvalue weighted by atomic mass is 16.5. The average molecular weight is 299 g/mol. The van der Waals surface area contributed by atoms with Crippen molar-refractivity contribution < 1.29 is 13.9 Å². The fraction of sp³-hybridized carbons (Fsp3) is 0.389. The molecule has 2 aromatic rings. The lowest BCUT2D eigenvalue weighted by atomic mass is 9.88. The van der Waals surface area contributed by atoms with Gasteiger partial charge in [0.1, 0.15) is 5.76 Å². The van der Waals surface area contributed by atoms with Gasteiger partial charge in [-0.3, -0.25) is 4.79 Å². The molecule has 3 rings (SSSR count). The predicted octanol–water partition coefficient (Wildman–Crippen LogP) is 2.95. The molecule has 0 radical (unpaired) electrons. The van der Waals surface area contributed by atoms with Crippen LogP contribution in [-0.4, -0.2) is 25.7 Å². The van der Waals surface area contributed by atoms with E-state index in [2.05, 4.69) is 12.2 Å². The molecule has 2 heterocycles. The second-order valence-corrected chi connectivity index (χ2v) is 6.26. The van der Waals surface area contributed by atoms with E-state index in [0.717, 1.165) is 11.3 Å². The average Bonchev–Trinajstić information content (AvgIpc) is 3.03. The van der Waals surface area contributed by atoms with Crippen molar-refractivity contribution in [3.63, 3.8) is 0 Å². The summed E-state index contributed by atoms with van der Waals surface area (Å²) >= 11 is 0. The molecule has 1 N–H and O–H groups in total. The zero-order valence-corrected chi connectivity index (χ0v) is 12.7. The van der Waals surface area contributed by atoms with Crippen LogP contribution in [0.4, 0.5) is 0 Å². The van der Waals surface area contributed by atoms with Gasteiger partial charge in [0.15, 0.2) is 0 Å². The van der Waals surface area contributed by atoms with E-state index in [1.54, 1.807) is 6.26 Å². The highest BCUT2D eigenvalue weighted by Gasteiger charge is 2.33. The Labute approximate surface area is 130 Å². The summed E-state index contributed by atoms with van der Waals surface area (Å²) in [6.45, 7) is 4.21. The second-order valence-electron chi connectivity index (χ2n) is 6.26. The Hall–Kier alpha value is -2.07. The van der Waals surface area contributed by atoms with E-state index in [1.807, 2.05) is 42.5 Å². The quantitative estimate of drug-likeness (QED) is 0.892. The van der Waals surface area contributed by atoms with Gasteiger partial charge in [-0.2, -0.15) is 0 Å². The highest BCUT2D eigenvalue weighted by Crippen LogP contribution is 2.29. The first-order valence-electron chi connectivity index (χ1n) is 7.59. The van der Waals surface area contributed by atoms with Gasteiger partial charge < -0.3 is 14.5 Å². The third-order valence-corrected chi connectivity index (χ3v) is 4.09. The molecule has 4 heteroatoms. The van der Waals surface area contributed by atoms with Crippen LogP contribution in [0, 0.1) is 5.41 Å². The van der Waals surface area contributed by atoms with E-state index in [-0.39, 0.29) is 17.2 Å². The maximum absolute atomic E-state index is 12.3. The lowest BCUT2D eigenvalue weighted by molar-refractivity contribution is -0.127. The first kappa shape index (κ1) is 14.9. The second kappa shape index (κ2) is 6.36. The van der Waals surface area contributed by atoms with Crippen molar-refractivity contribution >= 4 is 5.91 Å². The van der Waals surface area contributed by atoms with Crippen molar-refractivity contribution in [3.8, 4) is 0 Å². The van der Waals surface area contributed by atoms with E-state index >= 15 is 0 Å². The van der Waals surface area contributed by atoms with Crippen LogP contribution >= 0.6 is 0 Å². The first-order valence-corrected chi connectivity index (χ1v) is 7.59. The summed E-state index contributed by atoms with van der Waals surface area (Å²) in [6.07, 6.45) is 2.03. The van der Waals surface area contributed by atoms with Crippen molar-refractivity contribution in [1.82, 2.24) is 5.32 Å². The Morgan fingerprint density at radius 2 is 2.00 bits per heavy atom. The first-order chi connectivity index (χ1) is 10.7. The summed E-state index contributed by atoms with van der Waals surface area (Å²) in [5, 5.41) is 3.03. The zero-order valence-electron chi connectivity index (χ0n) is 12.7. The van der Waals surface area contributed by atoms with Gasteiger partial charge in [-0.15, -0.1) is 0 Å². The van der Waals surface area contributed by atoms with Crippen LogP contribution in [-0.2, 0) is 9.53 Å². The summed E-state index contributed by atoms with van der Waals surface area (Å²) < 4.78 is 10.7. The van der Waals surface area contributed by atoms with Crippen LogP contribution in [0.15, 0.2) is 53.1 Å². The van der Waals surface area contributed by atoms with Crippen molar-refractivity contribution in [2.75, 3.05) is 19.8 Å². The molecule has 116 valence electrons. The number of carbonyl (C=O) groups is 1. The topological polar surface area (TPSA) is 51.5 Å². The van der Waals surface area contributed by atoms with E-state index < -0.39 is 0 Å². The standard InChI is InChI=1S/C18H21NO3/c1-18(12-21-13-18)11-19-17(20)10-15(16-8-5-9-22-16)14-6-3-2-4-7-14/h2-9,15H,10-13H2,1H3,(H,19,20). The molecule has 22 heavy (non-hydrogen) atoms. The van der Waals surface area contributed by atoms with E-state index in [0.29, 0.717) is 26.2 Å². The molecule has 0 bridgehead atoms. The summed E-state index contributed by atoms with van der Waals surface area (Å²) in [6, 6.07) is 13.8. The number of rotatable bonds is 6. The Bertz CT molecular complexity index is 603. The van der Waals surface area contributed by atoms with Crippen molar-refractivity contribution in [3.05, 3.63) is 60.1 Å². The molecule has 1 aliphatic heterocycles. The van der Waals surface area contributed by atoms with Crippen LogP contribution in [0.25, 0.3) is 0 Å². The number of carbonyl (C=O) groups excluding carboxylic acids is 1. The molecule has 0 saturated carbocycles. The molecule has 1 unspecified atom stereocenters. The minimum Gasteiger partial charge on any atom is -0.469 e. The normalized spacial score (nSPS) is 17.5. The fourth-order valence-electron chi connectivity index (χ4n) is 2.68. The molecule has 1 saturated heterocycles. The molecule has 1 aromatic carbocycles. The molecule has 1 atom stereocenters. The molecule has 0 aliphatic carbocycles. The molecule has 1 aromatic heterocycles. The van der Waals surface area contributed by atoms with Crippen molar-refractivity contribution in [2.24, 2.45) is 5.41 Å². The van der Waals surface area contributed by atoms with E-state index in [9.17, 15) is 4.79 Å². The number of hydrogen-bond acceptors (Lipinski definition) is 3. The molecule has 4 nitrogen and oxygen atoms in total. The van der Waals surface area contributed by atoms with E-state index in [4.69, 9.17) is 9.15 Å². The number of furan rings is 1. The fourth-order valence-corrected chi connectivity index (χ4v) is 2.68. The molecule has 1 amide bonds. The molecule has 1 fully saturated rings. The minimum atomic E-state index is -0.0540. The largest absolute Gasteiger partial charge is 0.469 e. The smallest absolute Gasteiger partial charge is 0.221 e. The van der Waals surface area contributed by atoms with Gasteiger partial charge in [-0.05, 0) is 17.7 Å². The number of nitrogens with one attached hydrogen (secondary N) is 1. The maximum Gasteiger partial charge on any atom is 0.221 e. The van der Waals surface area contributed by atoms with Gasteiger partial charge in [0.05, 0.1) is 25.4 Å². The van der Waals surface area contributed by atoms with Crippen LogP contribution in [0.1, 0.15) is 30.6 Å². The maximum atomic E-state index is 12.3. The van der Waals surface area contributed by atoms with Crippen LogP contribution in [0.2, 0.25) is 0 Å². The summed E-state index contributed by atoms with van der Waals surface area (Å²) in [5.74, 6) is 0.805. The van der Waals surface area contributed by atoms with Gasteiger partial charge in [-0.25, -0.2) is 0 Å². The third-order valence-electron chi connectivity index (χ3n) is 4.09. The highest BCUT2D eigenvalue weighted by molar-refractivity contribution is 5.77. The van der Waals surface area contributed by atoms with Gasteiger partial charge >= 0.3 is 0 Å². The Kier molecular flexibility index (Phi) is 4.29. The number of amides is 1. The SMILES string of the molecule is CC1(CNC(=O)CC(c2ccccc2)c2ccco2)COC1. The lowest BCUT2D eigenvalue weighted by Gasteiger charge is -2.38. The minimum absolute atomic E-state index is 0.0402. The summed E-state index contributed by atoms with van der Waals surface area (Å²) in [7, 11) is 0. The molecular formula is C18H21NO3. The van der Waals surface area contributed by atoms with Crippen molar-refractivity contribution in [1.29, 1.82) is 0 Å². The Morgan fingerprint density at radius 3 is 2.59 bits per heavy atom. The number of ether oxygens (including phenoxy) is 1. The van der Waals surface area contributed by atoms with Gasteiger partial charge in [0, 0.05) is 18.4 Å². The number of benzene rings is 1. The molecule has 1 aliphatic rings. The van der Waals surface area contributed by atoms with Gasteiger partial charge in [0.2, 0.25) is 5.91 Å². The summed E-state index contributed by atoms with van der Waals surface area (Å²) in [5.41, 5.74) is 1.17. The van der Waals surface area contributed by atoms with Crippen LogP contribution in [0.5, 0.6) is 0 Å². The molecule has 0 spiro atoms. The monoisotopic (exact) mass is 299 g/mol. The van der Waals surface area contributed by atoms with Crippen LogP contribution < -0.4 is 5.32 Å². The van der Waals surface area contributed by atoms with Crippen LogP contribution in [0.3, 0.4) is 0 Å². The zero-order chi connectivity index (χ0) is 15.4. The molecular weight excluding hydrogens is 278 g/mol. The van der Waals surface area contributed by atoms with E-state index in [1.165, 1.54) is 0 Å². The van der Waals surface area contributed by atoms with Crippen molar-refractivity contribution in [2.45, 2.75) is 19.3 Å². The third kappa shape index (κ3) is 3.39. The summed E-state index contributed by atoms with van der Waals surface area (Å²) in [4.78, 5) is 12.3. The van der Waals surface area contributed by atoms with Gasteiger partial charge in [-0.1, -0.05) is 37.3 Å². The Balaban J connectivity index is 1.66. The Morgan fingerprint density at radius 1 is 1.23 bits per heavy atom. The lowest BCUT2D eigenvalue weighted by Crippen LogP contribution is -2.48. The predicted molar refractivity (Wildman–Crippen MR) is 83.5 cm³/mol. The van der Waals surface area contributed by atoms with Gasteiger partial charge in [0.25, 0.3) is 0 Å².